The second-order valence-corrected chi connectivity index (χ2v) is 1.83. The third kappa shape index (κ3) is 3.32. The fraction of sp³-hybridized carbons (Fsp3) is 0. The van der Waals surface area contributed by atoms with Crippen LogP contribution in [0.5, 0.6) is 0 Å². The van der Waals surface area contributed by atoms with E-state index < -0.39 is 0 Å². The molecule has 2 radical (unpaired) electrons. The second-order valence-electron chi connectivity index (χ2n) is 0.272. The summed E-state index contributed by atoms with van der Waals surface area (Å²) in [4.78, 5) is 0. The van der Waals surface area contributed by atoms with E-state index in [1.807, 2.05) is 52.8 Å². The molecule has 0 aliphatic carbocycles. The molecule has 0 amide bonds. The first kappa shape index (κ1) is 5.32. The number of hydrogen-bond acceptors (Lipinski definition) is 0. The van der Waals surface area contributed by atoms with E-state index in [0.717, 1.165) is 0 Å². The molecule has 0 fully saturated rings. The molecule has 0 unspecified atom stereocenters. The zero-order valence-electron chi connectivity index (χ0n) is 1.97. The van der Waals surface area contributed by atoms with Gasteiger partial charge in [0.25, 0.3) is 0 Å². The topological polar surface area (TPSA) is 0 Å². The summed E-state index contributed by atoms with van der Waals surface area (Å²) < 4.78 is 4.03. The van der Waals surface area contributed by atoms with Crippen LogP contribution in [-0.2, 0) is 0 Å². The molecule has 22 valence electrons. The summed E-state index contributed by atoms with van der Waals surface area (Å²) in [5.74, 6) is 0. The number of hydrogen-bond donors (Lipinski definition) is 0. The fourth-order valence-electron chi connectivity index (χ4n) is 0. The normalized spacial score (nSPS) is 9.00. The molecule has 0 nitrogen and oxygen atoms in total. The van der Waals surface area contributed by atoms with E-state index in [2.05, 4.69) is 0 Å². The summed E-state index contributed by atoms with van der Waals surface area (Å²) in [5, 5.41) is 0. The minimum atomic E-state index is 1.95. The van der Waals surface area contributed by atoms with Crippen molar-refractivity contribution >= 4 is 44.6 Å². The predicted octanol–water partition coefficient (Wildman–Crippen LogP) is -0.205. The van der Waals surface area contributed by atoms with Crippen LogP contribution >= 0.6 is 0 Å². The van der Waals surface area contributed by atoms with Crippen molar-refractivity contribution in [3.05, 3.63) is 8.25 Å². The Kier molecular flexibility index (Phi) is 5.74. The molecule has 2 heteroatoms. The fourth-order valence-corrected chi connectivity index (χ4v) is 0. The summed E-state index contributed by atoms with van der Waals surface area (Å²) in [6.45, 7) is 0. The van der Waals surface area contributed by atoms with E-state index >= 15 is 0 Å². The molecule has 0 aromatic carbocycles. The van der Waals surface area contributed by atoms with Crippen LogP contribution in [-0.4, -0.2) is 44.6 Å². The zero-order valence-corrected chi connectivity index (χ0v) is 6.63. The van der Waals surface area contributed by atoms with Gasteiger partial charge in [-0.25, -0.2) is 0 Å². The molecule has 0 aliphatic heterocycles. The summed E-state index contributed by atoms with van der Waals surface area (Å²) in [5.41, 5.74) is 0. The third-order valence-corrected chi connectivity index (χ3v) is 2.50. The van der Waals surface area contributed by atoms with Gasteiger partial charge in [0, 0.05) is 0 Å². The van der Waals surface area contributed by atoms with E-state index in [1.165, 1.54) is 0 Å². The Balaban J connectivity index is 2.55. The van der Waals surface area contributed by atoms with Crippen LogP contribution in [0.2, 0.25) is 0 Å². The first-order chi connectivity index (χ1) is 1.91. The maximum absolute atomic E-state index is 2.01. The SMILES string of the molecule is [Te]/C=C\[Te]. The van der Waals surface area contributed by atoms with Crippen molar-refractivity contribution in [2.24, 2.45) is 0 Å². The van der Waals surface area contributed by atoms with Gasteiger partial charge in [-0.15, -0.1) is 0 Å². The molecule has 0 N–H and O–H groups in total. The molecule has 0 aromatic heterocycles. The molecule has 0 saturated heterocycles. The minimum absolute atomic E-state index is 1.95. The van der Waals surface area contributed by atoms with Gasteiger partial charge in [0.2, 0.25) is 0 Å². The van der Waals surface area contributed by atoms with E-state index in [-0.39, 0.29) is 0 Å². The molecule has 0 atom stereocenters. The Morgan fingerprint density at radius 2 is 1.25 bits per heavy atom. The van der Waals surface area contributed by atoms with Crippen LogP contribution in [0.15, 0.2) is 8.25 Å². The molecule has 0 saturated carbocycles. The zero-order chi connectivity index (χ0) is 3.41. The molecule has 4 heavy (non-hydrogen) atoms. The first-order valence-corrected chi connectivity index (χ1v) is 3.50. The molecule has 0 aliphatic rings. The van der Waals surface area contributed by atoms with Crippen molar-refractivity contribution in [2.75, 3.05) is 0 Å². The number of rotatable bonds is 0. The Bertz CT molecular complexity index is 19.2. The van der Waals surface area contributed by atoms with Gasteiger partial charge in [-0.05, 0) is 0 Å². The van der Waals surface area contributed by atoms with Crippen molar-refractivity contribution in [3.63, 3.8) is 0 Å². The summed E-state index contributed by atoms with van der Waals surface area (Å²) in [7, 11) is 0. The third-order valence-electron chi connectivity index (χ3n) is 0.0556. The van der Waals surface area contributed by atoms with Crippen LogP contribution in [0.1, 0.15) is 0 Å². The monoisotopic (exact) mass is 286 g/mol. The van der Waals surface area contributed by atoms with E-state index in [0.29, 0.717) is 0 Å². The van der Waals surface area contributed by atoms with E-state index in [1.54, 1.807) is 0 Å². The molecule has 0 rings (SSSR count). The molecule has 0 aromatic rings. The van der Waals surface area contributed by atoms with Crippen LogP contribution in [0.4, 0.5) is 0 Å². The van der Waals surface area contributed by atoms with Gasteiger partial charge in [0.05, 0.1) is 0 Å². The summed E-state index contributed by atoms with van der Waals surface area (Å²) in [6, 6.07) is 0. The van der Waals surface area contributed by atoms with Crippen molar-refractivity contribution in [3.8, 4) is 0 Å². The Labute approximate surface area is 52.5 Å². The summed E-state index contributed by atoms with van der Waals surface area (Å²) >= 11 is 3.89. The van der Waals surface area contributed by atoms with Gasteiger partial charge < -0.3 is 0 Å². The molecule has 0 bridgehead atoms. The predicted molar refractivity (Wildman–Crippen MR) is 20.6 cm³/mol. The van der Waals surface area contributed by atoms with Crippen LogP contribution in [0, 0.1) is 0 Å². The molecular weight excluding hydrogens is 279 g/mol. The van der Waals surface area contributed by atoms with Crippen molar-refractivity contribution in [2.45, 2.75) is 0 Å². The van der Waals surface area contributed by atoms with Crippen LogP contribution in [0.3, 0.4) is 0 Å². The quantitative estimate of drug-likeness (QED) is 0.539. The van der Waals surface area contributed by atoms with Crippen molar-refractivity contribution < 1.29 is 0 Å². The standard InChI is InChI=1S/C2H2Te2/c3-1-2-4/h1-2H/b2-1-. The first-order valence-electron chi connectivity index (χ1n) is 0.805. The Hall–Kier alpha value is 1.32. The maximum atomic E-state index is 2.01. The van der Waals surface area contributed by atoms with Crippen LogP contribution < -0.4 is 0 Å². The van der Waals surface area contributed by atoms with Gasteiger partial charge in [-0.2, -0.15) is 0 Å². The van der Waals surface area contributed by atoms with Crippen molar-refractivity contribution in [1.29, 1.82) is 0 Å². The Morgan fingerprint density at radius 1 is 1.00 bits per heavy atom. The van der Waals surface area contributed by atoms with Gasteiger partial charge in [0.15, 0.2) is 0 Å². The Morgan fingerprint density at radius 3 is 1.25 bits per heavy atom. The van der Waals surface area contributed by atoms with Gasteiger partial charge in [-0.1, -0.05) is 0 Å². The average molecular weight is 281 g/mol. The molecule has 0 heterocycles. The van der Waals surface area contributed by atoms with Crippen LogP contribution in [0.25, 0.3) is 0 Å². The van der Waals surface area contributed by atoms with E-state index in [4.69, 9.17) is 0 Å². The van der Waals surface area contributed by atoms with E-state index in [9.17, 15) is 0 Å². The average Bonchev–Trinajstić information content (AvgIpc) is 1.37. The molecular formula is C2H2Te2. The molecule has 0 spiro atoms. The van der Waals surface area contributed by atoms with Gasteiger partial charge in [-0.3, -0.25) is 0 Å². The van der Waals surface area contributed by atoms with Gasteiger partial charge in [0.1, 0.15) is 0 Å². The second kappa shape index (κ2) is 4.32. The summed E-state index contributed by atoms with van der Waals surface area (Å²) in [6.07, 6.45) is 0. The van der Waals surface area contributed by atoms with Gasteiger partial charge >= 0.3 is 52.8 Å². The van der Waals surface area contributed by atoms with Crippen molar-refractivity contribution in [1.82, 2.24) is 0 Å².